The van der Waals surface area contributed by atoms with Gasteiger partial charge in [0.2, 0.25) is 15.9 Å². The number of sulfonamides is 1. The van der Waals surface area contributed by atoms with Crippen LogP contribution in [-0.4, -0.2) is 49.9 Å². The number of piperidine rings is 1. The third-order valence-electron chi connectivity index (χ3n) is 6.07. The highest BCUT2D eigenvalue weighted by Crippen LogP contribution is 2.34. The maximum atomic E-state index is 13.2. The molecular weight excluding hydrogens is 442 g/mol. The van der Waals surface area contributed by atoms with Crippen molar-refractivity contribution in [2.75, 3.05) is 31.6 Å². The third-order valence-corrected chi connectivity index (χ3v) is 7.97. The van der Waals surface area contributed by atoms with Crippen LogP contribution in [0.25, 0.3) is 10.9 Å². The number of anilines is 1. The lowest BCUT2D eigenvalue weighted by Gasteiger charge is -2.30. The van der Waals surface area contributed by atoms with Crippen LogP contribution in [0, 0.1) is 5.92 Å². The number of hydrogen-bond donors (Lipinski definition) is 1. The van der Waals surface area contributed by atoms with Crippen molar-refractivity contribution in [2.24, 2.45) is 5.92 Å². The molecule has 2 aliphatic rings. The van der Waals surface area contributed by atoms with Gasteiger partial charge in [-0.25, -0.2) is 8.42 Å². The third kappa shape index (κ3) is 4.38. The van der Waals surface area contributed by atoms with E-state index in [1.807, 2.05) is 30.3 Å². The second-order valence-electron chi connectivity index (χ2n) is 8.21. The van der Waals surface area contributed by atoms with Crippen LogP contribution in [0.2, 0.25) is 0 Å². The topological polar surface area (TPSA) is 97.8 Å². The first-order chi connectivity index (χ1) is 16.0. The molecule has 172 valence electrons. The lowest BCUT2D eigenvalue weighted by Crippen LogP contribution is -2.41. The van der Waals surface area contributed by atoms with Crippen LogP contribution in [0.1, 0.15) is 19.3 Å². The van der Waals surface area contributed by atoms with E-state index in [9.17, 15) is 13.2 Å². The molecule has 0 aliphatic carbocycles. The number of amides is 1. The molecule has 9 heteroatoms. The molecule has 1 fully saturated rings. The second kappa shape index (κ2) is 8.99. The fourth-order valence-electron chi connectivity index (χ4n) is 4.25. The summed E-state index contributed by atoms with van der Waals surface area (Å²) in [5.74, 6) is 0.635. The van der Waals surface area contributed by atoms with Gasteiger partial charge in [-0.2, -0.15) is 4.31 Å². The number of benzene rings is 2. The van der Waals surface area contributed by atoms with Gasteiger partial charge in [0, 0.05) is 43.1 Å². The zero-order valence-electron chi connectivity index (χ0n) is 18.1. The number of pyridine rings is 1. The Morgan fingerprint density at radius 2 is 1.76 bits per heavy atom. The molecule has 0 saturated carbocycles. The molecule has 2 aliphatic heterocycles. The molecule has 0 spiro atoms. The zero-order chi connectivity index (χ0) is 22.8. The van der Waals surface area contributed by atoms with Gasteiger partial charge in [-0.05, 0) is 37.1 Å². The quantitative estimate of drug-likeness (QED) is 0.631. The van der Waals surface area contributed by atoms with Crippen molar-refractivity contribution in [3.05, 3.63) is 54.7 Å². The summed E-state index contributed by atoms with van der Waals surface area (Å²) in [5, 5.41) is 3.93. The maximum Gasteiger partial charge on any atom is 0.243 e. The number of carbonyl (C=O) groups is 1. The normalized spacial score (nSPS) is 17.5. The van der Waals surface area contributed by atoms with E-state index < -0.39 is 10.0 Å². The molecule has 2 aromatic carbocycles. The van der Waals surface area contributed by atoms with Crippen molar-refractivity contribution < 1.29 is 22.7 Å². The lowest BCUT2D eigenvalue weighted by molar-refractivity contribution is -0.120. The predicted octanol–water partition coefficient (Wildman–Crippen LogP) is 3.44. The molecule has 0 bridgehead atoms. The molecule has 3 aromatic rings. The van der Waals surface area contributed by atoms with E-state index in [0.29, 0.717) is 43.2 Å². The highest BCUT2D eigenvalue weighted by Gasteiger charge is 2.33. The fourth-order valence-corrected chi connectivity index (χ4v) is 5.74. The smallest absolute Gasteiger partial charge is 0.243 e. The first kappa shape index (κ1) is 21.7. The van der Waals surface area contributed by atoms with Crippen molar-refractivity contribution in [3.8, 4) is 11.5 Å². The molecule has 1 amide bonds. The molecule has 33 heavy (non-hydrogen) atoms. The number of nitrogens with one attached hydrogen (secondary N) is 1. The zero-order valence-corrected chi connectivity index (χ0v) is 18.9. The fraction of sp³-hybridized carbons (Fsp3) is 0.333. The van der Waals surface area contributed by atoms with E-state index in [1.54, 1.807) is 18.3 Å². The molecule has 0 radical (unpaired) electrons. The number of para-hydroxylation sites is 1. The van der Waals surface area contributed by atoms with E-state index in [4.69, 9.17) is 9.47 Å². The SMILES string of the molecule is O=C(Nc1cccc2cccnc12)C1CCN(S(=O)(=O)c2ccc3c(c2)OCCCO3)CC1. The van der Waals surface area contributed by atoms with Crippen LogP contribution in [-0.2, 0) is 14.8 Å². The molecule has 1 aromatic heterocycles. The number of aromatic nitrogens is 1. The van der Waals surface area contributed by atoms with Crippen LogP contribution in [0.3, 0.4) is 0 Å². The standard InChI is InChI=1S/C24H25N3O5S/c28-24(26-20-6-1-4-17-5-2-11-25-23(17)20)18-9-12-27(13-10-18)33(29,30)19-7-8-21-22(16-19)32-15-3-14-31-21/h1-2,4-8,11,16,18H,3,9-10,12-15H2,(H,26,28). The minimum atomic E-state index is -3.69. The highest BCUT2D eigenvalue weighted by molar-refractivity contribution is 7.89. The maximum absolute atomic E-state index is 13.2. The summed E-state index contributed by atoms with van der Waals surface area (Å²) in [5.41, 5.74) is 1.41. The van der Waals surface area contributed by atoms with Crippen molar-refractivity contribution in [1.29, 1.82) is 0 Å². The van der Waals surface area contributed by atoms with Crippen molar-refractivity contribution in [2.45, 2.75) is 24.2 Å². The van der Waals surface area contributed by atoms with E-state index in [2.05, 4.69) is 10.3 Å². The largest absolute Gasteiger partial charge is 0.490 e. The van der Waals surface area contributed by atoms with E-state index in [1.165, 1.54) is 10.4 Å². The number of carbonyl (C=O) groups excluding carboxylic acids is 1. The van der Waals surface area contributed by atoms with Gasteiger partial charge in [0.15, 0.2) is 11.5 Å². The molecule has 1 N–H and O–H groups in total. The molecule has 1 saturated heterocycles. The molecule has 5 rings (SSSR count). The summed E-state index contributed by atoms with van der Waals surface area (Å²) in [7, 11) is -3.69. The molecule has 0 atom stereocenters. The van der Waals surface area contributed by atoms with E-state index in [0.717, 1.165) is 17.3 Å². The summed E-state index contributed by atoms with van der Waals surface area (Å²) in [4.78, 5) is 17.4. The summed E-state index contributed by atoms with van der Waals surface area (Å²) < 4.78 is 39.1. The Hall–Kier alpha value is -3.17. The number of ether oxygens (including phenoxy) is 2. The summed E-state index contributed by atoms with van der Waals surface area (Å²) in [6, 6.07) is 14.2. The van der Waals surface area contributed by atoms with Gasteiger partial charge in [-0.3, -0.25) is 9.78 Å². The molecule has 8 nitrogen and oxygen atoms in total. The van der Waals surface area contributed by atoms with Crippen molar-refractivity contribution in [3.63, 3.8) is 0 Å². The van der Waals surface area contributed by atoms with Crippen molar-refractivity contribution >= 4 is 32.5 Å². The van der Waals surface area contributed by atoms with Gasteiger partial charge < -0.3 is 14.8 Å². The number of hydrogen-bond acceptors (Lipinski definition) is 6. The summed E-state index contributed by atoms with van der Waals surface area (Å²) >= 11 is 0. The minimum Gasteiger partial charge on any atom is -0.490 e. The Bertz CT molecular complexity index is 1280. The Morgan fingerprint density at radius 3 is 2.58 bits per heavy atom. The van der Waals surface area contributed by atoms with Gasteiger partial charge in [0.1, 0.15) is 0 Å². The molecule has 3 heterocycles. The van der Waals surface area contributed by atoms with Crippen LogP contribution < -0.4 is 14.8 Å². The summed E-state index contributed by atoms with van der Waals surface area (Å²) in [6.07, 6.45) is 3.35. The first-order valence-electron chi connectivity index (χ1n) is 11.1. The predicted molar refractivity (Wildman–Crippen MR) is 124 cm³/mol. The molecular formula is C24H25N3O5S. The number of rotatable bonds is 4. The lowest BCUT2D eigenvalue weighted by atomic mass is 9.97. The monoisotopic (exact) mass is 467 g/mol. The Balaban J connectivity index is 1.26. The van der Waals surface area contributed by atoms with Crippen LogP contribution in [0.15, 0.2) is 59.6 Å². The average Bonchev–Trinajstić information content (AvgIpc) is 3.09. The van der Waals surface area contributed by atoms with Crippen molar-refractivity contribution in [1.82, 2.24) is 9.29 Å². The highest BCUT2D eigenvalue weighted by atomic mass is 32.2. The minimum absolute atomic E-state index is 0.110. The Labute approximate surface area is 192 Å². The molecule has 0 unspecified atom stereocenters. The van der Waals surface area contributed by atoms with Gasteiger partial charge in [0.05, 0.1) is 29.3 Å². The first-order valence-corrected chi connectivity index (χ1v) is 12.5. The van der Waals surface area contributed by atoms with Gasteiger partial charge >= 0.3 is 0 Å². The van der Waals surface area contributed by atoms with Gasteiger partial charge in [0.25, 0.3) is 0 Å². The van der Waals surface area contributed by atoms with Gasteiger partial charge in [-0.15, -0.1) is 0 Å². The van der Waals surface area contributed by atoms with Gasteiger partial charge in [-0.1, -0.05) is 18.2 Å². The van der Waals surface area contributed by atoms with Crippen LogP contribution in [0.5, 0.6) is 11.5 Å². The van der Waals surface area contributed by atoms with E-state index in [-0.39, 0.29) is 29.8 Å². The Morgan fingerprint density at radius 1 is 1.00 bits per heavy atom. The van der Waals surface area contributed by atoms with E-state index >= 15 is 0 Å². The number of nitrogens with zero attached hydrogens (tertiary/aromatic N) is 2. The Kier molecular flexibility index (Phi) is 5.90. The average molecular weight is 468 g/mol. The summed E-state index contributed by atoms with van der Waals surface area (Å²) in [6.45, 7) is 1.60. The van der Waals surface area contributed by atoms with Crippen LogP contribution in [0.4, 0.5) is 5.69 Å². The second-order valence-corrected chi connectivity index (χ2v) is 10.1. The van der Waals surface area contributed by atoms with Crippen LogP contribution >= 0.6 is 0 Å². The number of fused-ring (bicyclic) bond motifs is 2.